The van der Waals surface area contributed by atoms with Gasteiger partial charge in [0.05, 0.1) is 18.8 Å². The van der Waals surface area contributed by atoms with E-state index in [9.17, 15) is 14.7 Å². The maximum atomic E-state index is 12.2. The summed E-state index contributed by atoms with van der Waals surface area (Å²) in [5.74, 6) is 2.04. The molecule has 1 heterocycles. The molecule has 0 spiro atoms. The van der Waals surface area contributed by atoms with Crippen molar-refractivity contribution in [3.8, 4) is 0 Å². The van der Waals surface area contributed by atoms with Crippen LogP contribution in [0.2, 0.25) is 0 Å². The van der Waals surface area contributed by atoms with Crippen LogP contribution in [0.3, 0.4) is 0 Å². The maximum absolute atomic E-state index is 12.2. The van der Waals surface area contributed by atoms with Gasteiger partial charge in [-0.3, -0.25) is 9.59 Å². The summed E-state index contributed by atoms with van der Waals surface area (Å²) in [5.41, 5.74) is 0.860. The molecule has 2 unspecified atom stereocenters. The Hall–Kier alpha value is -1.00. The lowest BCUT2D eigenvalue weighted by molar-refractivity contribution is -0.133. The van der Waals surface area contributed by atoms with E-state index in [0.717, 1.165) is 37.7 Å². The van der Waals surface area contributed by atoms with Gasteiger partial charge in [-0.15, -0.1) is 0 Å². The van der Waals surface area contributed by atoms with Crippen molar-refractivity contribution in [2.45, 2.75) is 64.6 Å². The molecule has 0 aromatic rings. The summed E-state index contributed by atoms with van der Waals surface area (Å²) in [4.78, 5) is 24.2. The number of carbonyl (C=O) groups excluding carboxylic acids is 2. The largest absolute Gasteiger partial charge is 0.392 e. The van der Waals surface area contributed by atoms with Gasteiger partial charge in [-0.1, -0.05) is 6.92 Å². The maximum Gasteiger partial charge on any atom is 0.158 e. The first-order valence-corrected chi connectivity index (χ1v) is 9.93. The second-order valence-corrected chi connectivity index (χ2v) is 9.52. The van der Waals surface area contributed by atoms with E-state index in [1.807, 2.05) is 0 Å². The normalized spacial score (nSPS) is 53.7. The van der Waals surface area contributed by atoms with Gasteiger partial charge < -0.3 is 9.84 Å². The van der Waals surface area contributed by atoms with Gasteiger partial charge in [-0.05, 0) is 73.8 Å². The van der Waals surface area contributed by atoms with Crippen LogP contribution >= 0.6 is 0 Å². The minimum absolute atomic E-state index is 0.00104. The lowest BCUT2D eigenvalue weighted by Crippen LogP contribution is -2.57. The van der Waals surface area contributed by atoms with Crippen molar-refractivity contribution >= 4 is 11.6 Å². The molecule has 8 atom stereocenters. The van der Waals surface area contributed by atoms with Crippen LogP contribution in [0.25, 0.3) is 0 Å². The minimum Gasteiger partial charge on any atom is -0.392 e. The lowest BCUT2D eigenvalue weighted by Gasteiger charge is -2.57. The fourth-order valence-electron chi connectivity index (χ4n) is 7.77. The molecule has 3 saturated carbocycles. The van der Waals surface area contributed by atoms with E-state index in [4.69, 9.17) is 4.74 Å². The number of hydrogen-bond donors (Lipinski definition) is 1. The van der Waals surface area contributed by atoms with Crippen LogP contribution in [-0.2, 0) is 14.3 Å². The highest BCUT2D eigenvalue weighted by Crippen LogP contribution is 2.68. The first-order valence-electron chi connectivity index (χ1n) is 9.93. The molecule has 4 heteroatoms. The van der Waals surface area contributed by atoms with Crippen LogP contribution in [0.1, 0.15) is 52.4 Å². The number of rotatable bonds is 1. The average molecular weight is 344 g/mol. The summed E-state index contributed by atoms with van der Waals surface area (Å²) >= 11 is 0. The van der Waals surface area contributed by atoms with E-state index in [-0.39, 0.29) is 35.1 Å². The van der Waals surface area contributed by atoms with Gasteiger partial charge in [0, 0.05) is 17.8 Å². The monoisotopic (exact) mass is 344 g/mol. The van der Waals surface area contributed by atoms with Gasteiger partial charge >= 0.3 is 0 Å². The molecule has 0 aromatic carbocycles. The molecule has 2 bridgehead atoms. The number of aliphatic hydroxyl groups is 1. The second-order valence-electron chi connectivity index (χ2n) is 9.52. The summed E-state index contributed by atoms with van der Waals surface area (Å²) in [7, 11) is 0. The van der Waals surface area contributed by atoms with Crippen molar-refractivity contribution < 1.29 is 19.4 Å². The quantitative estimate of drug-likeness (QED) is 0.794. The van der Waals surface area contributed by atoms with Crippen LogP contribution < -0.4 is 0 Å². The molecule has 1 aliphatic heterocycles. The molecule has 0 radical (unpaired) electrons. The van der Waals surface area contributed by atoms with Crippen molar-refractivity contribution in [1.29, 1.82) is 0 Å². The Kier molecular flexibility index (Phi) is 3.26. The number of fused-ring (bicyclic) bond motifs is 3. The summed E-state index contributed by atoms with van der Waals surface area (Å²) in [5, 5.41) is 10.9. The molecule has 0 amide bonds. The third-order valence-corrected chi connectivity index (χ3v) is 8.79. The Bertz CT molecular complexity index is 681. The molecular weight excluding hydrogens is 316 g/mol. The van der Waals surface area contributed by atoms with Crippen molar-refractivity contribution in [3.05, 3.63) is 11.6 Å². The number of carbonyl (C=O) groups is 2. The molecule has 4 fully saturated rings. The molecule has 25 heavy (non-hydrogen) atoms. The SMILES string of the molecule is CC(=O)[C@H]1CC[C@H]2[C@@H]3CC4OC[C@]5(C4=CC(=O)CC5O)[C@H]3CC[C@]12C. The highest BCUT2D eigenvalue weighted by atomic mass is 16.5. The fraction of sp³-hybridized carbons (Fsp3) is 0.810. The van der Waals surface area contributed by atoms with Crippen LogP contribution in [0.4, 0.5) is 0 Å². The summed E-state index contributed by atoms with van der Waals surface area (Å²) in [6.07, 6.45) is 6.63. The molecular formula is C21H28O4. The van der Waals surface area contributed by atoms with Crippen LogP contribution in [0.15, 0.2) is 11.6 Å². The molecule has 0 aromatic heterocycles. The zero-order chi connectivity index (χ0) is 17.6. The zero-order valence-corrected chi connectivity index (χ0v) is 15.2. The van der Waals surface area contributed by atoms with Crippen LogP contribution in [0.5, 0.6) is 0 Å². The molecule has 136 valence electrons. The summed E-state index contributed by atoms with van der Waals surface area (Å²) in [6, 6.07) is 0. The van der Waals surface area contributed by atoms with E-state index in [2.05, 4.69) is 6.92 Å². The van der Waals surface area contributed by atoms with Gasteiger partial charge in [0.2, 0.25) is 0 Å². The first-order chi connectivity index (χ1) is 11.9. The van der Waals surface area contributed by atoms with E-state index < -0.39 is 6.10 Å². The van der Waals surface area contributed by atoms with E-state index >= 15 is 0 Å². The highest BCUT2D eigenvalue weighted by Gasteiger charge is 2.67. The molecule has 1 N–H and O–H groups in total. The van der Waals surface area contributed by atoms with E-state index in [0.29, 0.717) is 30.1 Å². The van der Waals surface area contributed by atoms with E-state index in [1.54, 1.807) is 13.0 Å². The number of ether oxygens (including phenoxy) is 1. The van der Waals surface area contributed by atoms with Gasteiger partial charge in [0.1, 0.15) is 5.78 Å². The topological polar surface area (TPSA) is 63.6 Å². The molecule has 5 rings (SSSR count). The van der Waals surface area contributed by atoms with E-state index in [1.165, 1.54) is 0 Å². The standard InChI is InChI=1S/C21H28O4/c1-11(22)14-3-4-15-13-9-18-17-7-12(23)8-19(24)21(17,10-25-18)16(13)5-6-20(14,15)2/h7,13-16,18-19,24H,3-6,8-10H2,1-2H3/t13-,14+,15-,16-,18?,19?,20+,21+/m0/s1. The van der Waals surface area contributed by atoms with Gasteiger partial charge in [-0.2, -0.15) is 0 Å². The van der Waals surface area contributed by atoms with Crippen molar-refractivity contribution in [2.24, 2.45) is 34.5 Å². The zero-order valence-electron chi connectivity index (χ0n) is 15.2. The van der Waals surface area contributed by atoms with Gasteiger partial charge in [0.15, 0.2) is 5.78 Å². The third-order valence-electron chi connectivity index (χ3n) is 8.79. The highest BCUT2D eigenvalue weighted by molar-refractivity contribution is 5.92. The summed E-state index contributed by atoms with van der Waals surface area (Å²) < 4.78 is 6.13. The predicted molar refractivity (Wildman–Crippen MR) is 91.7 cm³/mol. The average Bonchev–Trinajstić information content (AvgIpc) is 3.02. The van der Waals surface area contributed by atoms with Crippen molar-refractivity contribution in [3.63, 3.8) is 0 Å². The number of aliphatic hydroxyl groups excluding tert-OH is 1. The smallest absolute Gasteiger partial charge is 0.158 e. The van der Waals surface area contributed by atoms with Crippen molar-refractivity contribution in [2.75, 3.05) is 6.61 Å². The number of hydrogen-bond acceptors (Lipinski definition) is 4. The van der Waals surface area contributed by atoms with Crippen molar-refractivity contribution in [1.82, 2.24) is 0 Å². The molecule has 4 aliphatic carbocycles. The van der Waals surface area contributed by atoms with Gasteiger partial charge in [-0.25, -0.2) is 0 Å². The predicted octanol–water partition coefficient (Wildman–Crippen LogP) is 2.68. The Morgan fingerprint density at radius 1 is 1.28 bits per heavy atom. The number of ketones is 2. The molecule has 5 aliphatic rings. The lowest BCUT2D eigenvalue weighted by atomic mass is 9.46. The Balaban J connectivity index is 1.56. The fourth-order valence-corrected chi connectivity index (χ4v) is 7.77. The summed E-state index contributed by atoms with van der Waals surface area (Å²) in [6.45, 7) is 4.66. The van der Waals surface area contributed by atoms with Crippen LogP contribution in [-0.4, -0.2) is 35.5 Å². The Morgan fingerprint density at radius 3 is 2.84 bits per heavy atom. The molecule has 4 nitrogen and oxygen atoms in total. The first kappa shape index (κ1) is 16.2. The van der Waals surface area contributed by atoms with Crippen LogP contribution in [0, 0.1) is 34.5 Å². The Morgan fingerprint density at radius 2 is 2.08 bits per heavy atom. The minimum atomic E-state index is -0.604. The second kappa shape index (κ2) is 5.04. The Labute approximate surface area is 149 Å². The molecule has 1 saturated heterocycles. The number of Topliss-reactive ketones (excluding diaryl/α,β-unsaturated/α-hetero) is 1. The third kappa shape index (κ3) is 1.85. The van der Waals surface area contributed by atoms with Gasteiger partial charge in [0.25, 0.3) is 0 Å².